The molecular weight excluding hydrogens is 473 g/mol. The highest BCUT2D eigenvalue weighted by molar-refractivity contribution is 7.08. The number of hydrogen-bond donors (Lipinski definition) is 1. The first-order chi connectivity index (χ1) is 16.2. The van der Waals surface area contributed by atoms with Crippen molar-refractivity contribution in [2.24, 2.45) is 0 Å². The second-order valence-electron chi connectivity index (χ2n) is 7.71. The molecule has 12 heteroatoms. The topological polar surface area (TPSA) is 95.7 Å². The quantitative estimate of drug-likeness (QED) is 0.606. The van der Waals surface area contributed by atoms with Gasteiger partial charge in [0.15, 0.2) is 0 Å². The van der Waals surface area contributed by atoms with Crippen molar-refractivity contribution in [2.45, 2.75) is 24.8 Å². The standard InChI is InChI=1S/C20H18N4O2S.C2HF3O2/c25-19(14-6-9-27-13-14)22-11-17-18(12-22)24(10-15-4-1-2-7-21-15)20(26)16-5-3-8-23(16)17;3-2(4,5)1(6)7/h1-9,13,17-18H,10-12H2;(H,6,7). The summed E-state index contributed by atoms with van der Waals surface area (Å²) in [6.45, 7) is 1.59. The van der Waals surface area contributed by atoms with Gasteiger partial charge in [0, 0.05) is 30.9 Å². The van der Waals surface area contributed by atoms with E-state index in [1.807, 2.05) is 67.7 Å². The van der Waals surface area contributed by atoms with Gasteiger partial charge in [-0.25, -0.2) is 4.79 Å². The highest BCUT2D eigenvalue weighted by Gasteiger charge is 2.46. The molecule has 0 saturated carbocycles. The van der Waals surface area contributed by atoms with Crippen molar-refractivity contribution in [1.82, 2.24) is 19.4 Å². The van der Waals surface area contributed by atoms with Crippen molar-refractivity contribution >= 4 is 29.1 Å². The average Bonchev–Trinajstić information content (AvgIpc) is 3.57. The number of pyridine rings is 1. The molecule has 1 saturated heterocycles. The van der Waals surface area contributed by atoms with Crippen molar-refractivity contribution in [3.8, 4) is 0 Å². The van der Waals surface area contributed by atoms with Gasteiger partial charge in [-0.15, -0.1) is 0 Å². The Morgan fingerprint density at radius 3 is 2.47 bits per heavy atom. The van der Waals surface area contributed by atoms with Gasteiger partial charge in [-0.2, -0.15) is 24.5 Å². The van der Waals surface area contributed by atoms with E-state index in [2.05, 4.69) is 4.98 Å². The Balaban J connectivity index is 0.000000344. The van der Waals surface area contributed by atoms with Gasteiger partial charge in [0.1, 0.15) is 5.69 Å². The van der Waals surface area contributed by atoms with Crippen LogP contribution in [0.5, 0.6) is 0 Å². The van der Waals surface area contributed by atoms with E-state index >= 15 is 0 Å². The lowest BCUT2D eigenvalue weighted by atomic mass is 10.1. The van der Waals surface area contributed by atoms with E-state index in [-0.39, 0.29) is 23.9 Å². The van der Waals surface area contributed by atoms with Crippen LogP contribution in [0.3, 0.4) is 0 Å². The number of likely N-dealkylation sites (tertiary alicyclic amines) is 1. The average molecular weight is 492 g/mol. The molecule has 0 radical (unpaired) electrons. The first-order valence-corrected chi connectivity index (χ1v) is 11.1. The molecule has 2 unspecified atom stereocenters. The van der Waals surface area contributed by atoms with Gasteiger partial charge in [-0.05, 0) is 35.7 Å². The first kappa shape index (κ1) is 23.5. The molecule has 1 N–H and O–H groups in total. The number of carbonyl (C=O) groups is 3. The van der Waals surface area contributed by atoms with Crippen LogP contribution in [-0.4, -0.2) is 67.5 Å². The van der Waals surface area contributed by atoms with Crippen LogP contribution in [-0.2, 0) is 11.3 Å². The molecule has 2 amide bonds. The van der Waals surface area contributed by atoms with Crippen LogP contribution in [0, 0.1) is 0 Å². The van der Waals surface area contributed by atoms with Crippen molar-refractivity contribution in [1.29, 1.82) is 0 Å². The second-order valence-corrected chi connectivity index (χ2v) is 8.49. The zero-order chi connectivity index (χ0) is 24.5. The van der Waals surface area contributed by atoms with E-state index in [0.717, 1.165) is 5.69 Å². The third-order valence-corrected chi connectivity index (χ3v) is 6.32. The molecule has 34 heavy (non-hydrogen) atoms. The maximum atomic E-state index is 13.1. The molecule has 5 heterocycles. The molecule has 0 bridgehead atoms. The zero-order valence-electron chi connectivity index (χ0n) is 17.6. The van der Waals surface area contributed by atoms with Gasteiger partial charge in [0.05, 0.1) is 29.9 Å². The summed E-state index contributed by atoms with van der Waals surface area (Å²) >= 11 is 1.52. The highest BCUT2D eigenvalue weighted by Crippen LogP contribution is 2.35. The van der Waals surface area contributed by atoms with E-state index in [1.165, 1.54) is 11.3 Å². The van der Waals surface area contributed by atoms with Crippen molar-refractivity contribution in [3.63, 3.8) is 0 Å². The number of fused-ring (bicyclic) bond motifs is 3. The van der Waals surface area contributed by atoms with Crippen LogP contribution in [0.15, 0.2) is 59.6 Å². The largest absolute Gasteiger partial charge is 0.490 e. The Morgan fingerprint density at radius 1 is 1.12 bits per heavy atom. The molecular formula is C22H19F3N4O4S. The minimum atomic E-state index is -5.08. The summed E-state index contributed by atoms with van der Waals surface area (Å²) in [5, 5.41) is 10.9. The minimum Gasteiger partial charge on any atom is -0.475 e. The minimum absolute atomic E-state index is 0.00302. The van der Waals surface area contributed by atoms with Crippen LogP contribution >= 0.6 is 11.3 Å². The molecule has 2 aliphatic rings. The summed E-state index contributed by atoms with van der Waals surface area (Å²) in [6, 6.07) is 11.3. The number of hydrogen-bond acceptors (Lipinski definition) is 5. The molecule has 2 atom stereocenters. The van der Waals surface area contributed by atoms with E-state index in [0.29, 0.717) is 30.9 Å². The van der Waals surface area contributed by atoms with Crippen molar-refractivity contribution in [3.05, 3.63) is 76.5 Å². The SMILES string of the molecule is O=C(O)C(F)(F)F.O=C(c1ccsc1)N1CC2C(C1)n1cccc1C(=O)N2Cc1ccccn1. The summed E-state index contributed by atoms with van der Waals surface area (Å²) < 4.78 is 33.8. The molecule has 0 spiro atoms. The van der Waals surface area contributed by atoms with E-state index in [4.69, 9.17) is 9.90 Å². The summed E-state index contributed by atoms with van der Waals surface area (Å²) in [5.74, 6) is -2.73. The second kappa shape index (κ2) is 9.29. The highest BCUT2D eigenvalue weighted by atomic mass is 32.1. The number of halogens is 3. The van der Waals surface area contributed by atoms with Gasteiger partial charge in [0.25, 0.3) is 11.8 Å². The fourth-order valence-electron chi connectivity index (χ4n) is 4.10. The maximum Gasteiger partial charge on any atom is 0.490 e. The van der Waals surface area contributed by atoms with Crippen LogP contribution in [0.25, 0.3) is 0 Å². The normalized spacial score (nSPS) is 19.2. The predicted molar refractivity (Wildman–Crippen MR) is 115 cm³/mol. The van der Waals surface area contributed by atoms with Gasteiger partial charge in [-0.3, -0.25) is 14.6 Å². The number of carbonyl (C=O) groups excluding carboxylic acids is 2. The summed E-state index contributed by atoms with van der Waals surface area (Å²) in [4.78, 5) is 43.0. The zero-order valence-corrected chi connectivity index (χ0v) is 18.4. The molecule has 3 aromatic rings. The Bertz CT molecular complexity index is 1180. The Labute approximate surface area is 195 Å². The molecule has 3 aromatic heterocycles. The lowest BCUT2D eigenvalue weighted by Gasteiger charge is -2.37. The van der Waals surface area contributed by atoms with E-state index < -0.39 is 12.1 Å². The lowest BCUT2D eigenvalue weighted by molar-refractivity contribution is -0.192. The molecule has 0 aliphatic carbocycles. The van der Waals surface area contributed by atoms with Gasteiger partial charge >= 0.3 is 12.1 Å². The number of alkyl halides is 3. The molecule has 8 nitrogen and oxygen atoms in total. The molecule has 2 aliphatic heterocycles. The molecule has 5 rings (SSSR count). The fraction of sp³-hybridized carbons (Fsp3) is 0.273. The molecule has 178 valence electrons. The molecule has 0 aromatic carbocycles. The van der Waals surface area contributed by atoms with Crippen LogP contribution in [0.1, 0.15) is 32.6 Å². The van der Waals surface area contributed by atoms with E-state index in [1.54, 1.807) is 6.20 Å². The smallest absolute Gasteiger partial charge is 0.475 e. The number of rotatable bonds is 3. The van der Waals surface area contributed by atoms with Crippen LogP contribution in [0.2, 0.25) is 0 Å². The van der Waals surface area contributed by atoms with E-state index in [9.17, 15) is 22.8 Å². The van der Waals surface area contributed by atoms with Crippen LogP contribution in [0.4, 0.5) is 13.2 Å². The first-order valence-electron chi connectivity index (χ1n) is 10.2. The summed E-state index contributed by atoms with van der Waals surface area (Å²) in [6.07, 6.45) is -1.40. The monoisotopic (exact) mass is 492 g/mol. The van der Waals surface area contributed by atoms with Crippen molar-refractivity contribution < 1.29 is 32.7 Å². The predicted octanol–water partition coefficient (Wildman–Crippen LogP) is 3.30. The van der Waals surface area contributed by atoms with Gasteiger partial charge in [0.2, 0.25) is 0 Å². The fourth-order valence-corrected chi connectivity index (χ4v) is 4.73. The molecule has 1 fully saturated rings. The Hall–Kier alpha value is -3.67. The number of thiophene rings is 1. The Kier molecular flexibility index (Phi) is 6.42. The number of amides is 2. The number of aliphatic carboxylic acids is 1. The lowest BCUT2D eigenvalue weighted by Crippen LogP contribution is -2.50. The van der Waals surface area contributed by atoms with Gasteiger partial charge in [-0.1, -0.05) is 6.07 Å². The number of carboxylic acid groups (broad SMARTS) is 1. The number of nitrogens with zero attached hydrogens (tertiary/aromatic N) is 4. The van der Waals surface area contributed by atoms with Gasteiger partial charge < -0.3 is 19.5 Å². The Morgan fingerprint density at radius 2 is 1.85 bits per heavy atom. The van der Waals surface area contributed by atoms with Crippen molar-refractivity contribution in [2.75, 3.05) is 13.1 Å². The number of aromatic nitrogens is 2. The van der Waals surface area contributed by atoms with Crippen LogP contribution < -0.4 is 0 Å². The maximum absolute atomic E-state index is 13.1. The third kappa shape index (κ3) is 4.67. The third-order valence-electron chi connectivity index (χ3n) is 5.63. The summed E-state index contributed by atoms with van der Waals surface area (Å²) in [5.41, 5.74) is 2.25. The number of carboxylic acids is 1. The summed E-state index contributed by atoms with van der Waals surface area (Å²) in [7, 11) is 0.